The number of nitro benzene ring substituents is 1. The first-order valence-corrected chi connectivity index (χ1v) is 7.83. The van der Waals surface area contributed by atoms with Gasteiger partial charge < -0.3 is 19.9 Å². The van der Waals surface area contributed by atoms with Crippen LogP contribution in [0.2, 0.25) is 0 Å². The average Bonchev–Trinajstić information content (AvgIpc) is 2.51. The Kier molecular flexibility index (Phi) is 5.28. The lowest BCUT2D eigenvalue weighted by Gasteiger charge is -2.36. The molecule has 1 aliphatic rings. The normalized spacial score (nSPS) is 20.6. The molecule has 0 spiro atoms. The molecule has 0 radical (unpaired) electrons. The van der Waals surface area contributed by atoms with Crippen molar-refractivity contribution in [1.29, 1.82) is 0 Å². The summed E-state index contributed by atoms with van der Waals surface area (Å²) in [6.07, 6.45) is 0. The summed E-state index contributed by atoms with van der Waals surface area (Å²) in [4.78, 5) is 27.2. The number of nitrogens with zero attached hydrogens (tertiary/aromatic N) is 3. The topological polar surface area (TPSA) is 88.0 Å². The number of ether oxygens (including phenoxy) is 1. The fraction of sp³-hybridized carbons (Fsp3) is 0.562. The highest BCUT2D eigenvalue weighted by Gasteiger charge is 2.30. The Hall–Kier alpha value is -2.35. The van der Waals surface area contributed by atoms with E-state index < -0.39 is 4.92 Å². The highest BCUT2D eigenvalue weighted by molar-refractivity contribution is 5.99. The number of amides is 1. The van der Waals surface area contributed by atoms with Gasteiger partial charge in [-0.1, -0.05) is 0 Å². The Balaban J connectivity index is 2.46. The molecular formula is C16H24N4O4. The minimum absolute atomic E-state index is 0.111. The molecular weight excluding hydrogens is 312 g/mol. The zero-order valence-corrected chi connectivity index (χ0v) is 14.7. The number of anilines is 1. The summed E-state index contributed by atoms with van der Waals surface area (Å²) in [5.41, 5.74) is 0.506. The molecule has 132 valence electrons. The second-order valence-electron chi connectivity index (χ2n) is 6.37. The van der Waals surface area contributed by atoms with Gasteiger partial charge in [-0.2, -0.15) is 0 Å². The van der Waals surface area contributed by atoms with Crippen molar-refractivity contribution in [1.82, 2.24) is 10.2 Å². The van der Waals surface area contributed by atoms with Crippen LogP contribution in [0.15, 0.2) is 12.1 Å². The first kappa shape index (κ1) is 18.0. The number of piperazine rings is 1. The van der Waals surface area contributed by atoms with E-state index in [1.54, 1.807) is 30.0 Å². The van der Waals surface area contributed by atoms with Crippen LogP contribution in [0.4, 0.5) is 11.4 Å². The Morgan fingerprint density at radius 3 is 2.38 bits per heavy atom. The van der Waals surface area contributed by atoms with Crippen LogP contribution < -0.4 is 15.0 Å². The third-order valence-electron chi connectivity index (χ3n) is 4.05. The molecule has 0 bridgehead atoms. The van der Waals surface area contributed by atoms with E-state index in [4.69, 9.17) is 4.74 Å². The van der Waals surface area contributed by atoms with Crippen molar-refractivity contribution in [3.63, 3.8) is 0 Å². The van der Waals surface area contributed by atoms with Crippen molar-refractivity contribution in [2.45, 2.75) is 25.9 Å². The Morgan fingerprint density at radius 2 is 1.92 bits per heavy atom. The molecule has 8 heteroatoms. The van der Waals surface area contributed by atoms with E-state index in [1.165, 1.54) is 13.2 Å². The van der Waals surface area contributed by atoms with Crippen LogP contribution in [0.5, 0.6) is 5.75 Å². The summed E-state index contributed by atoms with van der Waals surface area (Å²) in [7, 11) is 4.88. The second kappa shape index (κ2) is 7.04. The van der Waals surface area contributed by atoms with Crippen LogP contribution >= 0.6 is 0 Å². The van der Waals surface area contributed by atoms with Crippen molar-refractivity contribution in [2.24, 2.45) is 0 Å². The summed E-state index contributed by atoms with van der Waals surface area (Å²) in [6, 6.07) is 3.19. The average molecular weight is 336 g/mol. The predicted octanol–water partition coefficient (Wildman–Crippen LogP) is 1.49. The lowest BCUT2D eigenvalue weighted by atomic mass is 10.1. The summed E-state index contributed by atoms with van der Waals surface area (Å²) < 4.78 is 5.32. The van der Waals surface area contributed by atoms with Crippen LogP contribution in [0, 0.1) is 10.1 Å². The number of carbonyl (C=O) groups excluding carboxylic acids is 1. The van der Waals surface area contributed by atoms with Crippen LogP contribution in [0.1, 0.15) is 24.2 Å². The number of hydrogen-bond acceptors (Lipinski definition) is 6. The fourth-order valence-corrected chi connectivity index (χ4v) is 3.06. The maximum atomic E-state index is 12.9. The number of methoxy groups -OCH3 is 1. The molecule has 1 amide bonds. The van der Waals surface area contributed by atoms with Gasteiger partial charge in [0.1, 0.15) is 11.4 Å². The predicted molar refractivity (Wildman–Crippen MR) is 91.9 cm³/mol. The largest absolute Gasteiger partial charge is 0.496 e. The molecule has 1 fully saturated rings. The second-order valence-corrected chi connectivity index (χ2v) is 6.37. The molecule has 0 aliphatic carbocycles. The van der Waals surface area contributed by atoms with Crippen LogP contribution in [-0.4, -0.2) is 62.1 Å². The van der Waals surface area contributed by atoms with E-state index in [9.17, 15) is 14.9 Å². The lowest BCUT2D eigenvalue weighted by molar-refractivity contribution is -0.384. The summed E-state index contributed by atoms with van der Waals surface area (Å²) in [5, 5.41) is 14.7. The Morgan fingerprint density at radius 1 is 1.33 bits per heavy atom. The molecule has 1 aliphatic heterocycles. The summed E-state index contributed by atoms with van der Waals surface area (Å²) >= 11 is 0. The first-order valence-electron chi connectivity index (χ1n) is 7.83. The maximum absolute atomic E-state index is 12.9. The van der Waals surface area contributed by atoms with Crippen molar-refractivity contribution >= 4 is 17.3 Å². The molecule has 0 saturated carbocycles. The number of carbonyl (C=O) groups is 1. The van der Waals surface area contributed by atoms with E-state index in [0.717, 1.165) is 0 Å². The van der Waals surface area contributed by atoms with E-state index in [-0.39, 0.29) is 29.2 Å². The number of hydrogen-bond donors (Lipinski definition) is 1. The van der Waals surface area contributed by atoms with Crippen molar-refractivity contribution in [2.75, 3.05) is 39.2 Å². The van der Waals surface area contributed by atoms with Gasteiger partial charge in [0.25, 0.3) is 11.6 Å². The van der Waals surface area contributed by atoms with E-state index in [2.05, 4.69) is 5.32 Å². The number of rotatable bonds is 4. The van der Waals surface area contributed by atoms with E-state index >= 15 is 0 Å². The van der Waals surface area contributed by atoms with Crippen LogP contribution in [-0.2, 0) is 0 Å². The highest BCUT2D eigenvalue weighted by Crippen LogP contribution is 2.35. The number of nitro groups is 1. The van der Waals surface area contributed by atoms with Gasteiger partial charge in [0, 0.05) is 51.4 Å². The van der Waals surface area contributed by atoms with Gasteiger partial charge in [0.2, 0.25) is 0 Å². The SMILES string of the molecule is COc1cc(N(C)C)c([N+](=O)[O-])cc1C(=O)N1C[C@H](C)N[C@@H](C)C1. The molecule has 0 aromatic heterocycles. The van der Waals surface area contributed by atoms with Crippen molar-refractivity contribution < 1.29 is 14.5 Å². The Labute approximate surface area is 141 Å². The van der Waals surface area contributed by atoms with E-state index in [1.807, 2.05) is 13.8 Å². The van der Waals surface area contributed by atoms with Crippen molar-refractivity contribution in [3.05, 3.63) is 27.8 Å². The molecule has 0 unspecified atom stereocenters. The zero-order valence-electron chi connectivity index (χ0n) is 14.7. The van der Waals surface area contributed by atoms with Gasteiger partial charge in [-0.3, -0.25) is 14.9 Å². The minimum Gasteiger partial charge on any atom is -0.496 e. The molecule has 2 atom stereocenters. The molecule has 2 rings (SSSR count). The molecule has 1 aromatic carbocycles. The molecule has 1 saturated heterocycles. The zero-order chi connectivity index (χ0) is 18.0. The molecule has 1 aromatic rings. The van der Waals surface area contributed by atoms with Gasteiger partial charge >= 0.3 is 0 Å². The summed E-state index contributed by atoms with van der Waals surface area (Å²) in [6.45, 7) is 5.11. The third-order valence-corrected chi connectivity index (χ3v) is 4.05. The van der Waals surface area contributed by atoms with Gasteiger partial charge in [0.15, 0.2) is 0 Å². The molecule has 1 heterocycles. The van der Waals surface area contributed by atoms with Gasteiger partial charge in [-0.25, -0.2) is 0 Å². The molecule has 1 N–H and O–H groups in total. The van der Waals surface area contributed by atoms with Gasteiger partial charge in [0.05, 0.1) is 17.6 Å². The van der Waals surface area contributed by atoms with Gasteiger partial charge in [-0.15, -0.1) is 0 Å². The third kappa shape index (κ3) is 3.59. The van der Waals surface area contributed by atoms with Gasteiger partial charge in [-0.05, 0) is 13.8 Å². The smallest absolute Gasteiger partial charge is 0.293 e. The lowest BCUT2D eigenvalue weighted by Crippen LogP contribution is -2.55. The highest BCUT2D eigenvalue weighted by atomic mass is 16.6. The molecule has 8 nitrogen and oxygen atoms in total. The molecule has 24 heavy (non-hydrogen) atoms. The van der Waals surface area contributed by atoms with Crippen LogP contribution in [0.25, 0.3) is 0 Å². The minimum atomic E-state index is -0.478. The number of benzene rings is 1. The van der Waals surface area contributed by atoms with Crippen LogP contribution in [0.3, 0.4) is 0 Å². The monoisotopic (exact) mass is 336 g/mol. The van der Waals surface area contributed by atoms with Crippen molar-refractivity contribution in [3.8, 4) is 5.75 Å². The van der Waals surface area contributed by atoms with E-state index in [0.29, 0.717) is 24.5 Å². The quantitative estimate of drug-likeness (QED) is 0.662. The fourth-order valence-electron chi connectivity index (χ4n) is 3.06. The Bertz CT molecular complexity index is 637. The summed E-state index contributed by atoms with van der Waals surface area (Å²) in [5.74, 6) is 0.0913. The maximum Gasteiger partial charge on any atom is 0.293 e. The number of nitrogens with one attached hydrogen (secondary N) is 1. The standard InChI is InChI=1S/C16H24N4O4/c1-10-8-19(9-11(2)17-10)16(21)12-6-14(20(22)23)13(18(3)4)7-15(12)24-5/h6-7,10-11,17H,8-9H2,1-5H3/t10-,11-/m0/s1. The first-order chi connectivity index (χ1) is 11.2.